The monoisotopic (exact) mass is 817 g/mol. The Morgan fingerprint density at radius 1 is 0.804 bits per heavy atom. The Kier molecular flexibility index (Phi) is 13.5. The summed E-state index contributed by atoms with van der Waals surface area (Å²) in [7, 11) is 0. The van der Waals surface area contributed by atoms with E-state index in [1.807, 2.05) is 20.8 Å². The number of alkyl halides is 2. The third-order valence-electron chi connectivity index (χ3n) is 9.73. The molecule has 0 radical (unpaired) electrons. The number of rotatable bonds is 16. The Bertz CT molecular complexity index is 1860. The first-order valence-corrected chi connectivity index (χ1v) is 19.7. The highest BCUT2D eigenvalue weighted by Crippen LogP contribution is 2.39. The molecule has 6 rings (SSSR count). The Morgan fingerprint density at radius 3 is 2.00 bits per heavy atom. The van der Waals surface area contributed by atoms with Crippen LogP contribution in [-0.2, 0) is 15.9 Å². The number of pyridine rings is 1. The highest BCUT2D eigenvalue weighted by atomic mass is 35.5. The van der Waals surface area contributed by atoms with Gasteiger partial charge < -0.3 is 34.3 Å². The fraction of sp³-hybridized carbons (Fsp3) is 0.512. The number of hydrogen-bond acceptors (Lipinski definition) is 9. The molecule has 3 aliphatic rings. The van der Waals surface area contributed by atoms with Crippen molar-refractivity contribution in [2.24, 2.45) is 11.8 Å². The number of nitrogens with zero attached hydrogens (tertiary/aromatic N) is 1. The molecule has 302 valence electrons. The average Bonchev–Trinajstić information content (AvgIpc) is 4.07. The van der Waals surface area contributed by atoms with E-state index >= 15 is 0 Å². The van der Waals surface area contributed by atoms with Gasteiger partial charge in [0.2, 0.25) is 0 Å². The molecule has 3 saturated carbocycles. The topological polar surface area (TPSA) is 134 Å². The number of carbonyl (C=O) groups is 3. The number of hydrogen-bond donors (Lipinski definition) is 2. The molecule has 1 atom stereocenters. The van der Waals surface area contributed by atoms with Crippen LogP contribution >= 0.6 is 23.2 Å². The van der Waals surface area contributed by atoms with Gasteiger partial charge in [-0.2, -0.15) is 8.78 Å². The van der Waals surface area contributed by atoms with Gasteiger partial charge in [0.15, 0.2) is 11.5 Å². The molecule has 56 heavy (non-hydrogen) atoms. The molecule has 11 nitrogen and oxygen atoms in total. The number of alkyl carbamates (subject to hydrolysis) is 1. The standard InChI is InChI=1S/C41H47Cl2F2N3O8/c1-41(2,3)56-40(51)48-28-12-10-27(11-13-28)47-37(49)29-14-8-26(17-35(29)52-21-23-4-5-23)38(50)54-34(18-30-31(42)19-46-20-32(30)43)25-9-15-33(55-39(44)45)36(16-25)53-22-24-6-7-24/h8-9,14-17,19-20,23-24,27-28,34,39H,4-7,10-13,18,21-22H2,1-3H3,(H,47,49)(H,48,51). The molecule has 2 amide bonds. The van der Waals surface area contributed by atoms with Crippen LogP contribution < -0.4 is 24.8 Å². The van der Waals surface area contributed by atoms with Crippen LogP contribution in [0.4, 0.5) is 13.6 Å². The Hall–Kier alpha value is -4.36. The van der Waals surface area contributed by atoms with E-state index in [-0.39, 0.29) is 62.8 Å². The lowest BCUT2D eigenvalue weighted by Crippen LogP contribution is -2.45. The Morgan fingerprint density at radius 2 is 1.41 bits per heavy atom. The van der Waals surface area contributed by atoms with Crippen LogP contribution in [0, 0.1) is 11.8 Å². The quantitative estimate of drug-likeness (QED) is 0.136. The van der Waals surface area contributed by atoms with Crippen molar-refractivity contribution in [1.29, 1.82) is 0 Å². The summed E-state index contributed by atoms with van der Waals surface area (Å²) in [6, 6.07) is 8.73. The number of halogens is 4. The van der Waals surface area contributed by atoms with Crippen LogP contribution in [0.5, 0.6) is 17.2 Å². The van der Waals surface area contributed by atoms with Gasteiger partial charge in [0.05, 0.1) is 34.4 Å². The summed E-state index contributed by atoms with van der Waals surface area (Å²) in [6.45, 7) is 3.07. The minimum Gasteiger partial charge on any atom is -0.492 e. The molecule has 1 aromatic heterocycles. The highest BCUT2D eigenvalue weighted by molar-refractivity contribution is 6.35. The smallest absolute Gasteiger partial charge is 0.407 e. The summed E-state index contributed by atoms with van der Waals surface area (Å²) in [4.78, 5) is 43.9. The van der Waals surface area contributed by atoms with E-state index in [0.717, 1.165) is 25.7 Å². The van der Waals surface area contributed by atoms with E-state index in [1.165, 1.54) is 48.8 Å². The van der Waals surface area contributed by atoms with Crippen LogP contribution in [0.1, 0.15) is 110 Å². The van der Waals surface area contributed by atoms with E-state index in [2.05, 4.69) is 15.6 Å². The van der Waals surface area contributed by atoms with Crippen molar-refractivity contribution >= 4 is 41.2 Å². The van der Waals surface area contributed by atoms with Crippen molar-refractivity contribution in [3.63, 3.8) is 0 Å². The van der Waals surface area contributed by atoms with Crippen LogP contribution in [0.15, 0.2) is 48.8 Å². The lowest BCUT2D eigenvalue weighted by atomic mass is 9.91. The molecule has 15 heteroatoms. The Balaban J connectivity index is 1.19. The predicted molar refractivity (Wildman–Crippen MR) is 205 cm³/mol. The van der Waals surface area contributed by atoms with E-state index in [1.54, 1.807) is 0 Å². The van der Waals surface area contributed by atoms with Gasteiger partial charge in [-0.3, -0.25) is 9.78 Å². The summed E-state index contributed by atoms with van der Waals surface area (Å²) in [5.41, 5.74) is 0.689. The average molecular weight is 819 g/mol. The van der Waals surface area contributed by atoms with Gasteiger partial charge in [0.25, 0.3) is 5.91 Å². The molecule has 3 fully saturated rings. The zero-order chi connectivity index (χ0) is 40.0. The number of benzene rings is 2. The van der Waals surface area contributed by atoms with Crippen LogP contribution in [-0.4, -0.2) is 60.5 Å². The van der Waals surface area contributed by atoms with Crippen molar-refractivity contribution < 1.29 is 46.8 Å². The van der Waals surface area contributed by atoms with E-state index in [9.17, 15) is 23.2 Å². The summed E-state index contributed by atoms with van der Waals surface area (Å²) in [6.07, 6.45) is 8.04. The van der Waals surface area contributed by atoms with Crippen molar-refractivity contribution in [3.05, 3.63) is 81.1 Å². The van der Waals surface area contributed by atoms with Gasteiger partial charge in [-0.1, -0.05) is 29.3 Å². The third kappa shape index (κ3) is 12.1. The summed E-state index contributed by atoms with van der Waals surface area (Å²) in [5, 5.41) is 6.51. The molecule has 3 aliphatic carbocycles. The van der Waals surface area contributed by atoms with Crippen molar-refractivity contribution in [3.8, 4) is 17.2 Å². The number of esters is 1. The molecule has 0 bridgehead atoms. The molecule has 0 saturated heterocycles. The predicted octanol–water partition coefficient (Wildman–Crippen LogP) is 9.27. The third-order valence-corrected chi connectivity index (χ3v) is 10.4. The minimum absolute atomic E-state index is 0.0180. The molecule has 3 aromatic rings. The summed E-state index contributed by atoms with van der Waals surface area (Å²) in [5.74, 6) is -0.210. The summed E-state index contributed by atoms with van der Waals surface area (Å²) >= 11 is 13.0. The van der Waals surface area contributed by atoms with Crippen LogP contribution in [0.2, 0.25) is 10.0 Å². The van der Waals surface area contributed by atoms with Gasteiger partial charge in [-0.05, 0) is 125 Å². The number of amides is 2. The number of nitrogens with one attached hydrogen (secondary N) is 2. The van der Waals surface area contributed by atoms with Crippen molar-refractivity contribution in [2.45, 2.75) is 109 Å². The van der Waals surface area contributed by atoms with Gasteiger partial charge in [0.1, 0.15) is 17.5 Å². The first-order valence-electron chi connectivity index (χ1n) is 19.0. The Labute approximate surface area is 335 Å². The number of aromatic nitrogens is 1. The highest BCUT2D eigenvalue weighted by Gasteiger charge is 2.30. The van der Waals surface area contributed by atoms with Crippen molar-refractivity contribution in [1.82, 2.24) is 15.6 Å². The fourth-order valence-electron chi connectivity index (χ4n) is 6.33. The normalized spacial score (nSPS) is 18.8. The first kappa shape index (κ1) is 41.3. The molecule has 0 aliphatic heterocycles. The lowest BCUT2D eigenvalue weighted by molar-refractivity contribution is -0.0515. The fourth-order valence-corrected chi connectivity index (χ4v) is 6.85. The second-order valence-corrected chi connectivity index (χ2v) is 16.5. The van der Waals surface area contributed by atoms with Crippen molar-refractivity contribution in [2.75, 3.05) is 13.2 Å². The first-order chi connectivity index (χ1) is 26.7. The molecule has 1 unspecified atom stereocenters. The molecular formula is C41H47Cl2F2N3O8. The van der Waals surface area contributed by atoms with Gasteiger partial charge in [0, 0.05) is 30.9 Å². The SMILES string of the molecule is CC(C)(C)OC(=O)NC1CCC(NC(=O)c2ccc(C(=O)OC(Cc3c(Cl)cncc3Cl)c3ccc(OC(F)F)c(OCC4CC4)c3)cc2OCC2CC2)CC1. The maximum absolute atomic E-state index is 13.9. The zero-order valence-electron chi connectivity index (χ0n) is 31.6. The molecule has 2 N–H and O–H groups in total. The minimum atomic E-state index is -3.07. The van der Waals surface area contributed by atoms with Gasteiger partial charge >= 0.3 is 18.7 Å². The van der Waals surface area contributed by atoms with Crippen LogP contribution in [0.25, 0.3) is 0 Å². The molecule has 1 heterocycles. The van der Waals surface area contributed by atoms with Gasteiger partial charge in [-0.15, -0.1) is 0 Å². The molecule has 0 spiro atoms. The van der Waals surface area contributed by atoms with E-state index in [0.29, 0.717) is 61.9 Å². The second-order valence-electron chi connectivity index (χ2n) is 15.7. The second kappa shape index (κ2) is 18.3. The summed E-state index contributed by atoms with van der Waals surface area (Å²) < 4.78 is 54.8. The van der Waals surface area contributed by atoms with E-state index < -0.39 is 30.4 Å². The van der Waals surface area contributed by atoms with Crippen LogP contribution in [0.3, 0.4) is 0 Å². The number of ether oxygens (including phenoxy) is 5. The molecule has 2 aromatic carbocycles. The van der Waals surface area contributed by atoms with Gasteiger partial charge in [-0.25, -0.2) is 9.59 Å². The maximum atomic E-state index is 13.9. The zero-order valence-corrected chi connectivity index (χ0v) is 33.1. The lowest BCUT2D eigenvalue weighted by Gasteiger charge is -2.30. The largest absolute Gasteiger partial charge is 0.492 e. The molecular weight excluding hydrogens is 771 g/mol. The number of carbonyl (C=O) groups excluding carboxylic acids is 3. The van der Waals surface area contributed by atoms with E-state index in [4.69, 9.17) is 46.9 Å². The maximum Gasteiger partial charge on any atom is 0.407 e.